The lowest BCUT2D eigenvalue weighted by molar-refractivity contribution is 0.0603. The molecule has 1 aliphatic carbocycles. The molecule has 0 aromatic heterocycles. The molecule has 0 heterocycles. The highest BCUT2D eigenvalue weighted by molar-refractivity contribution is 6.09. The van der Waals surface area contributed by atoms with Crippen LogP contribution in [0.5, 0.6) is 11.5 Å². The molecular weight excluding hydrogens is 496 g/mol. The SMILES string of the molecule is COC(=O)c1ccc(-c2cccc(OCc3ccc(OCCc4ccc(C5CC5)cc4)cc3)c2)c2ccccc12. The van der Waals surface area contributed by atoms with Crippen LogP contribution >= 0.6 is 0 Å². The molecular formula is C36H32O4. The number of rotatable bonds is 10. The zero-order valence-electron chi connectivity index (χ0n) is 22.6. The molecule has 5 aromatic rings. The topological polar surface area (TPSA) is 44.8 Å². The van der Waals surface area contributed by atoms with Gasteiger partial charge in [0.1, 0.15) is 18.1 Å². The zero-order chi connectivity index (χ0) is 27.3. The monoisotopic (exact) mass is 528 g/mol. The van der Waals surface area contributed by atoms with Gasteiger partial charge >= 0.3 is 5.97 Å². The molecule has 5 aromatic carbocycles. The molecule has 4 nitrogen and oxygen atoms in total. The highest BCUT2D eigenvalue weighted by atomic mass is 16.5. The van der Waals surface area contributed by atoms with Gasteiger partial charge in [-0.15, -0.1) is 0 Å². The van der Waals surface area contributed by atoms with Crippen molar-refractivity contribution in [3.8, 4) is 22.6 Å². The number of esters is 1. The summed E-state index contributed by atoms with van der Waals surface area (Å²) >= 11 is 0. The largest absolute Gasteiger partial charge is 0.493 e. The van der Waals surface area contributed by atoms with Gasteiger partial charge in [-0.2, -0.15) is 0 Å². The Morgan fingerprint density at radius 2 is 1.48 bits per heavy atom. The van der Waals surface area contributed by atoms with Gasteiger partial charge in [0, 0.05) is 6.42 Å². The Bertz CT molecular complexity index is 1620. The van der Waals surface area contributed by atoms with E-state index in [1.165, 1.54) is 31.1 Å². The first-order valence-electron chi connectivity index (χ1n) is 13.8. The van der Waals surface area contributed by atoms with Crippen molar-refractivity contribution in [3.05, 3.63) is 131 Å². The van der Waals surface area contributed by atoms with Gasteiger partial charge in [-0.1, -0.05) is 78.9 Å². The van der Waals surface area contributed by atoms with Crippen molar-refractivity contribution in [2.75, 3.05) is 13.7 Å². The minimum absolute atomic E-state index is 0.338. The number of ether oxygens (including phenoxy) is 3. The maximum Gasteiger partial charge on any atom is 0.338 e. The van der Waals surface area contributed by atoms with Crippen LogP contribution in [-0.4, -0.2) is 19.7 Å². The lowest BCUT2D eigenvalue weighted by atomic mass is 9.95. The Labute approximate surface area is 235 Å². The third-order valence-electron chi connectivity index (χ3n) is 7.49. The van der Waals surface area contributed by atoms with Gasteiger partial charge in [-0.05, 0) is 87.7 Å². The summed E-state index contributed by atoms with van der Waals surface area (Å²) < 4.78 is 17.1. The van der Waals surface area contributed by atoms with Crippen LogP contribution in [0.25, 0.3) is 21.9 Å². The van der Waals surface area contributed by atoms with E-state index in [4.69, 9.17) is 14.2 Å². The van der Waals surface area contributed by atoms with Crippen molar-refractivity contribution in [2.45, 2.75) is 31.8 Å². The summed E-state index contributed by atoms with van der Waals surface area (Å²) in [5.41, 5.74) is 6.47. The predicted octanol–water partition coefficient (Wildman–Crippen LogP) is 8.37. The number of hydrogen-bond donors (Lipinski definition) is 0. The Balaban J connectivity index is 1.07. The van der Waals surface area contributed by atoms with Gasteiger partial charge < -0.3 is 14.2 Å². The fourth-order valence-corrected chi connectivity index (χ4v) is 5.10. The normalized spacial score (nSPS) is 12.7. The minimum Gasteiger partial charge on any atom is -0.493 e. The summed E-state index contributed by atoms with van der Waals surface area (Å²) in [4.78, 5) is 12.3. The molecule has 1 aliphatic rings. The Kier molecular flexibility index (Phi) is 7.49. The summed E-state index contributed by atoms with van der Waals surface area (Å²) in [7, 11) is 1.40. The van der Waals surface area contributed by atoms with E-state index < -0.39 is 0 Å². The van der Waals surface area contributed by atoms with Gasteiger partial charge in [0.15, 0.2) is 0 Å². The average Bonchev–Trinajstić information content (AvgIpc) is 3.86. The molecule has 0 aliphatic heterocycles. The number of carbonyl (C=O) groups excluding carboxylic acids is 1. The van der Waals surface area contributed by atoms with E-state index in [0.29, 0.717) is 18.8 Å². The second kappa shape index (κ2) is 11.7. The van der Waals surface area contributed by atoms with Crippen LogP contribution in [0, 0.1) is 0 Å². The Morgan fingerprint density at radius 1 is 0.725 bits per heavy atom. The van der Waals surface area contributed by atoms with Crippen LogP contribution in [0.4, 0.5) is 0 Å². The number of fused-ring (bicyclic) bond motifs is 1. The second-order valence-corrected chi connectivity index (χ2v) is 10.3. The van der Waals surface area contributed by atoms with Crippen molar-refractivity contribution in [1.82, 2.24) is 0 Å². The van der Waals surface area contributed by atoms with Crippen LogP contribution in [0.15, 0.2) is 109 Å². The van der Waals surface area contributed by atoms with Crippen LogP contribution in [0.3, 0.4) is 0 Å². The van der Waals surface area contributed by atoms with Crippen molar-refractivity contribution < 1.29 is 19.0 Å². The lowest BCUT2D eigenvalue weighted by Crippen LogP contribution is -2.02. The van der Waals surface area contributed by atoms with Crippen molar-refractivity contribution in [2.24, 2.45) is 0 Å². The quantitative estimate of drug-likeness (QED) is 0.171. The molecule has 0 N–H and O–H groups in total. The van der Waals surface area contributed by atoms with Crippen LogP contribution in [0.2, 0.25) is 0 Å². The van der Waals surface area contributed by atoms with Gasteiger partial charge in [0.25, 0.3) is 0 Å². The van der Waals surface area contributed by atoms with E-state index in [1.807, 2.05) is 78.9 Å². The van der Waals surface area contributed by atoms with Crippen molar-refractivity contribution in [1.29, 1.82) is 0 Å². The molecule has 1 fully saturated rings. The predicted molar refractivity (Wildman–Crippen MR) is 159 cm³/mol. The molecule has 0 amide bonds. The molecule has 1 saturated carbocycles. The van der Waals surface area contributed by atoms with Crippen molar-refractivity contribution >= 4 is 16.7 Å². The number of carbonyl (C=O) groups is 1. The maximum absolute atomic E-state index is 12.3. The minimum atomic E-state index is -0.338. The Hall–Kier alpha value is -4.57. The molecule has 4 heteroatoms. The lowest BCUT2D eigenvalue weighted by Gasteiger charge is -2.12. The fourth-order valence-electron chi connectivity index (χ4n) is 5.10. The number of benzene rings is 5. The molecule has 0 spiro atoms. The van der Waals surface area contributed by atoms with Crippen LogP contribution in [0.1, 0.15) is 45.8 Å². The van der Waals surface area contributed by atoms with E-state index in [9.17, 15) is 4.79 Å². The van der Waals surface area contributed by atoms with Gasteiger partial charge in [0.05, 0.1) is 19.3 Å². The summed E-state index contributed by atoms with van der Waals surface area (Å²) in [5.74, 6) is 2.10. The van der Waals surface area contributed by atoms with E-state index in [-0.39, 0.29) is 5.97 Å². The van der Waals surface area contributed by atoms with E-state index >= 15 is 0 Å². The third kappa shape index (κ3) is 5.86. The van der Waals surface area contributed by atoms with Crippen LogP contribution in [-0.2, 0) is 17.8 Å². The van der Waals surface area contributed by atoms with Gasteiger partial charge in [-0.3, -0.25) is 0 Å². The molecule has 0 radical (unpaired) electrons. The highest BCUT2D eigenvalue weighted by Crippen LogP contribution is 2.40. The molecule has 0 bridgehead atoms. The molecule has 40 heavy (non-hydrogen) atoms. The van der Waals surface area contributed by atoms with E-state index in [1.54, 1.807) is 0 Å². The smallest absolute Gasteiger partial charge is 0.338 e. The zero-order valence-corrected chi connectivity index (χ0v) is 22.6. The first-order valence-corrected chi connectivity index (χ1v) is 13.8. The van der Waals surface area contributed by atoms with E-state index in [0.717, 1.165) is 51.3 Å². The standard InChI is InChI=1S/C36H32O4/c1-38-36(37)35-20-19-32(33-7-2-3-8-34(33)35)29-5-4-6-31(23-29)40-24-26-11-17-30(18-12-26)39-22-21-25-9-13-27(14-10-25)28-15-16-28/h2-14,17-20,23,28H,15-16,21-22,24H2,1H3. The third-order valence-corrected chi connectivity index (χ3v) is 7.49. The summed E-state index contributed by atoms with van der Waals surface area (Å²) in [6, 6.07) is 36.8. The van der Waals surface area contributed by atoms with Gasteiger partial charge in [0.2, 0.25) is 0 Å². The molecule has 0 unspecified atom stereocenters. The molecule has 6 rings (SSSR count). The number of methoxy groups -OCH3 is 1. The number of hydrogen-bond acceptors (Lipinski definition) is 4. The summed E-state index contributed by atoms with van der Waals surface area (Å²) in [5, 5.41) is 1.86. The van der Waals surface area contributed by atoms with Crippen molar-refractivity contribution in [3.63, 3.8) is 0 Å². The molecule has 200 valence electrons. The fraction of sp³-hybridized carbons (Fsp3) is 0.194. The molecule has 0 saturated heterocycles. The highest BCUT2D eigenvalue weighted by Gasteiger charge is 2.22. The summed E-state index contributed by atoms with van der Waals surface area (Å²) in [6.45, 7) is 1.11. The van der Waals surface area contributed by atoms with E-state index in [2.05, 4.69) is 30.3 Å². The molecule has 0 atom stereocenters. The first-order chi connectivity index (χ1) is 19.7. The average molecular weight is 529 g/mol. The van der Waals surface area contributed by atoms with Gasteiger partial charge in [-0.25, -0.2) is 4.79 Å². The second-order valence-electron chi connectivity index (χ2n) is 10.3. The van der Waals surface area contributed by atoms with Crippen LogP contribution < -0.4 is 9.47 Å². The maximum atomic E-state index is 12.3. The Morgan fingerprint density at radius 3 is 2.23 bits per heavy atom. The summed E-state index contributed by atoms with van der Waals surface area (Å²) in [6.07, 6.45) is 3.57. The first kappa shape index (κ1) is 25.7.